The third kappa shape index (κ3) is 3.69. The lowest BCUT2D eigenvalue weighted by Gasteiger charge is -2.39. The van der Waals surface area contributed by atoms with Gasteiger partial charge in [-0.2, -0.15) is 0 Å². The SMILES string of the molecule is Cc1cccc(C)c1NC(=O)C1CCCC(c2ccc(O)cc2)N1C. The maximum Gasteiger partial charge on any atom is 0.241 e. The highest BCUT2D eigenvalue weighted by Crippen LogP contribution is 2.34. The number of carbonyl (C=O) groups excluding carboxylic acids is 1. The Kier molecular flexibility index (Phi) is 5.09. The van der Waals surface area contributed by atoms with Gasteiger partial charge < -0.3 is 10.4 Å². The van der Waals surface area contributed by atoms with Crippen LogP contribution in [0, 0.1) is 13.8 Å². The summed E-state index contributed by atoms with van der Waals surface area (Å²) in [6.07, 6.45) is 2.90. The van der Waals surface area contributed by atoms with Crippen molar-refractivity contribution in [3.05, 3.63) is 59.2 Å². The van der Waals surface area contributed by atoms with Gasteiger partial charge in [-0.25, -0.2) is 0 Å². The first kappa shape index (κ1) is 17.5. The molecule has 2 atom stereocenters. The number of anilines is 1. The predicted molar refractivity (Wildman–Crippen MR) is 101 cm³/mol. The largest absolute Gasteiger partial charge is 0.508 e. The molecule has 2 unspecified atom stereocenters. The summed E-state index contributed by atoms with van der Waals surface area (Å²) >= 11 is 0. The summed E-state index contributed by atoms with van der Waals surface area (Å²) < 4.78 is 0. The number of aromatic hydroxyl groups is 1. The number of phenols is 1. The van der Waals surface area contributed by atoms with Crippen LogP contribution in [-0.2, 0) is 4.79 Å². The number of carbonyl (C=O) groups is 1. The number of nitrogens with one attached hydrogen (secondary N) is 1. The number of nitrogens with zero attached hydrogens (tertiary/aromatic N) is 1. The summed E-state index contributed by atoms with van der Waals surface area (Å²) in [7, 11) is 2.02. The fourth-order valence-electron chi connectivity index (χ4n) is 3.76. The minimum absolute atomic E-state index is 0.0587. The molecule has 0 saturated carbocycles. The van der Waals surface area contributed by atoms with Gasteiger partial charge in [0.2, 0.25) is 5.91 Å². The lowest BCUT2D eigenvalue weighted by molar-refractivity contribution is -0.123. The monoisotopic (exact) mass is 338 g/mol. The van der Waals surface area contributed by atoms with Gasteiger partial charge in [0, 0.05) is 11.7 Å². The molecule has 4 nitrogen and oxygen atoms in total. The molecule has 2 aromatic carbocycles. The van der Waals surface area contributed by atoms with Gasteiger partial charge >= 0.3 is 0 Å². The van der Waals surface area contributed by atoms with Crippen molar-refractivity contribution in [2.45, 2.75) is 45.2 Å². The van der Waals surface area contributed by atoms with Crippen molar-refractivity contribution in [2.75, 3.05) is 12.4 Å². The summed E-state index contributed by atoms with van der Waals surface area (Å²) in [6.45, 7) is 4.04. The van der Waals surface area contributed by atoms with E-state index in [1.54, 1.807) is 12.1 Å². The molecule has 1 fully saturated rings. The molecule has 4 heteroatoms. The van der Waals surface area contributed by atoms with Crippen LogP contribution in [0.1, 0.15) is 42.0 Å². The first-order valence-corrected chi connectivity index (χ1v) is 8.85. The van der Waals surface area contributed by atoms with Gasteiger partial charge in [0.05, 0.1) is 6.04 Å². The molecule has 1 saturated heterocycles. The highest BCUT2D eigenvalue weighted by atomic mass is 16.3. The topological polar surface area (TPSA) is 52.6 Å². The molecule has 2 aromatic rings. The van der Waals surface area contributed by atoms with E-state index in [2.05, 4.69) is 10.2 Å². The molecule has 3 rings (SSSR count). The number of aryl methyl sites for hydroxylation is 2. The molecular weight excluding hydrogens is 312 g/mol. The lowest BCUT2D eigenvalue weighted by atomic mass is 9.91. The number of para-hydroxylation sites is 1. The Labute approximate surface area is 149 Å². The summed E-state index contributed by atoms with van der Waals surface area (Å²) in [5.74, 6) is 0.329. The standard InChI is InChI=1S/C21H26N2O2/c1-14-6-4-7-15(2)20(14)22-21(25)19-9-5-8-18(23(19)3)16-10-12-17(24)13-11-16/h4,6-7,10-13,18-19,24H,5,8-9H2,1-3H3,(H,22,25). The highest BCUT2D eigenvalue weighted by Gasteiger charge is 2.33. The Bertz CT molecular complexity index is 735. The zero-order chi connectivity index (χ0) is 18.0. The number of amides is 1. The fourth-order valence-corrected chi connectivity index (χ4v) is 3.76. The minimum atomic E-state index is -0.147. The Hall–Kier alpha value is -2.33. The fraction of sp³-hybridized carbons (Fsp3) is 0.381. The lowest BCUT2D eigenvalue weighted by Crippen LogP contribution is -2.46. The minimum Gasteiger partial charge on any atom is -0.508 e. The second-order valence-electron chi connectivity index (χ2n) is 6.98. The zero-order valence-corrected chi connectivity index (χ0v) is 15.1. The maximum atomic E-state index is 12.9. The van der Waals surface area contributed by atoms with E-state index in [1.165, 1.54) is 0 Å². The van der Waals surface area contributed by atoms with Gasteiger partial charge in [-0.3, -0.25) is 9.69 Å². The summed E-state index contributed by atoms with van der Waals surface area (Å²) in [5.41, 5.74) is 4.24. The molecule has 0 aliphatic carbocycles. The van der Waals surface area contributed by atoms with Crippen molar-refractivity contribution in [3.63, 3.8) is 0 Å². The van der Waals surface area contributed by atoms with Crippen LogP contribution >= 0.6 is 0 Å². The second-order valence-corrected chi connectivity index (χ2v) is 6.98. The van der Waals surface area contributed by atoms with Crippen LogP contribution in [0.4, 0.5) is 5.69 Å². The van der Waals surface area contributed by atoms with E-state index in [0.29, 0.717) is 0 Å². The number of rotatable bonds is 3. The van der Waals surface area contributed by atoms with Gasteiger partial charge in [-0.05, 0) is 69.0 Å². The Morgan fingerprint density at radius 3 is 2.36 bits per heavy atom. The molecule has 1 amide bonds. The molecule has 132 valence electrons. The van der Waals surface area contributed by atoms with Crippen molar-refractivity contribution < 1.29 is 9.90 Å². The van der Waals surface area contributed by atoms with Crippen LogP contribution in [0.3, 0.4) is 0 Å². The van der Waals surface area contributed by atoms with E-state index in [1.807, 2.05) is 51.2 Å². The van der Waals surface area contributed by atoms with Crippen LogP contribution in [0.15, 0.2) is 42.5 Å². The molecular formula is C21H26N2O2. The van der Waals surface area contributed by atoms with Crippen LogP contribution in [0.25, 0.3) is 0 Å². The third-order valence-electron chi connectivity index (χ3n) is 5.25. The van der Waals surface area contributed by atoms with Crippen LogP contribution in [-0.4, -0.2) is 29.0 Å². The number of hydrogen-bond acceptors (Lipinski definition) is 3. The molecule has 2 N–H and O–H groups in total. The predicted octanol–water partition coefficient (Wildman–Crippen LogP) is 4.17. The Morgan fingerprint density at radius 1 is 1.08 bits per heavy atom. The zero-order valence-electron chi connectivity index (χ0n) is 15.1. The number of piperidine rings is 1. The average molecular weight is 338 g/mol. The first-order chi connectivity index (χ1) is 12.0. The quantitative estimate of drug-likeness (QED) is 0.883. The van der Waals surface area contributed by atoms with Crippen LogP contribution in [0.2, 0.25) is 0 Å². The molecule has 1 heterocycles. The van der Waals surface area contributed by atoms with Gasteiger partial charge in [-0.15, -0.1) is 0 Å². The summed E-state index contributed by atoms with van der Waals surface area (Å²) in [6, 6.07) is 13.4. The van der Waals surface area contributed by atoms with E-state index in [0.717, 1.165) is 41.6 Å². The summed E-state index contributed by atoms with van der Waals surface area (Å²) in [4.78, 5) is 15.1. The number of phenolic OH excluding ortho intramolecular Hbond substituents is 1. The Balaban J connectivity index is 1.77. The molecule has 0 spiro atoms. The molecule has 0 bridgehead atoms. The maximum absolute atomic E-state index is 12.9. The molecule has 25 heavy (non-hydrogen) atoms. The van der Waals surface area contributed by atoms with E-state index in [-0.39, 0.29) is 23.7 Å². The van der Waals surface area contributed by atoms with E-state index >= 15 is 0 Å². The highest BCUT2D eigenvalue weighted by molar-refractivity contribution is 5.96. The van der Waals surface area contributed by atoms with Crippen molar-refractivity contribution in [2.24, 2.45) is 0 Å². The first-order valence-electron chi connectivity index (χ1n) is 8.85. The van der Waals surface area contributed by atoms with E-state index < -0.39 is 0 Å². The van der Waals surface area contributed by atoms with Crippen molar-refractivity contribution >= 4 is 11.6 Å². The number of hydrogen-bond donors (Lipinski definition) is 2. The summed E-state index contributed by atoms with van der Waals surface area (Å²) in [5, 5.41) is 12.6. The van der Waals surface area contributed by atoms with Crippen LogP contribution in [0.5, 0.6) is 5.75 Å². The smallest absolute Gasteiger partial charge is 0.241 e. The van der Waals surface area contributed by atoms with Crippen molar-refractivity contribution in [3.8, 4) is 5.75 Å². The van der Waals surface area contributed by atoms with Crippen molar-refractivity contribution in [1.29, 1.82) is 0 Å². The number of likely N-dealkylation sites (N-methyl/N-ethyl adjacent to an activating group) is 1. The van der Waals surface area contributed by atoms with Gasteiger partial charge in [0.15, 0.2) is 0 Å². The molecule has 1 aliphatic rings. The second kappa shape index (κ2) is 7.28. The van der Waals surface area contributed by atoms with Gasteiger partial charge in [0.25, 0.3) is 0 Å². The van der Waals surface area contributed by atoms with Crippen molar-refractivity contribution in [1.82, 2.24) is 4.90 Å². The number of likely N-dealkylation sites (tertiary alicyclic amines) is 1. The Morgan fingerprint density at radius 2 is 1.72 bits per heavy atom. The van der Waals surface area contributed by atoms with Gasteiger partial charge in [0.1, 0.15) is 5.75 Å². The average Bonchev–Trinajstić information content (AvgIpc) is 2.59. The van der Waals surface area contributed by atoms with Gasteiger partial charge in [-0.1, -0.05) is 30.3 Å². The normalized spacial score (nSPS) is 21.1. The number of benzene rings is 2. The van der Waals surface area contributed by atoms with E-state index in [4.69, 9.17) is 0 Å². The van der Waals surface area contributed by atoms with Crippen LogP contribution < -0.4 is 5.32 Å². The molecule has 0 radical (unpaired) electrons. The third-order valence-corrected chi connectivity index (χ3v) is 5.25. The molecule has 0 aromatic heterocycles. The van der Waals surface area contributed by atoms with E-state index in [9.17, 15) is 9.90 Å². The molecule has 1 aliphatic heterocycles.